The molecule has 0 aromatic heterocycles. The van der Waals surface area contributed by atoms with E-state index in [0.717, 1.165) is 0 Å². The number of carbonyl (C=O) groups is 1. The van der Waals surface area contributed by atoms with Gasteiger partial charge in [-0.15, -0.1) is 0 Å². The van der Waals surface area contributed by atoms with Crippen molar-refractivity contribution in [3.05, 3.63) is 68.7 Å². The minimum Gasteiger partial charge on any atom is -0.495 e. The predicted molar refractivity (Wildman–Crippen MR) is 93.3 cm³/mol. The van der Waals surface area contributed by atoms with Crippen LogP contribution in [0.4, 0.5) is 11.4 Å². The normalized spacial score (nSPS) is 10.7. The average Bonchev–Trinajstić information content (AvgIpc) is 2.61. The van der Waals surface area contributed by atoms with Gasteiger partial charge in [0.1, 0.15) is 17.4 Å². The van der Waals surface area contributed by atoms with E-state index in [1.165, 1.54) is 31.4 Å². The summed E-state index contributed by atoms with van der Waals surface area (Å²) in [7, 11) is 1.45. The summed E-state index contributed by atoms with van der Waals surface area (Å²) >= 11 is 5.99. The smallest absolute Gasteiger partial charge is 0.270 e. The molecular formula is C17H12ClN3O4. The Morgan fingerprint density at radius 3 is 2.72 bits per heavy atom. The zero-order valence-corrected chi connectivity index (χ0v) is 13.8. The maximum atomic E-state index is 12.3. The summed E-state index contributed by atoms with van der Waals surface area (Å²) < 4.78 is 5.13. The van der Waals surface area contributed by atoms with Crippen molar-refractivity contribution in [2.45, 2.75) is 0 Å². The molecule has 0 aliphatic rings. The summed E-state index contributed by atoms with van der Waals surface area (Å²) in [5.41, 5.74) is 0.135. The first kappa shape index (κ1) is 18.0. The third-order valence-corrected chi connectivity index (χ3v) is 3.55. The number of hydrogen-bond acceptors (Lipinski definition) is 5. The van der Waals surface area contributed by atoms with Gasteiger partial charge in [-0.05, 0) is 24.3 Å². The van der Waals surface area contributed by atoms with E-state index in [2.05, 4.69) is 5.32 Å². The SMILES string of the molecule is COc1ccccc1NC(=O)/C(C#N)=C/c1cc([N+](=O)[O-])ccc1Cl. The van der Waals surface area contributed by atoms with Gasteiger partial charge < -0.3 is 10.1 Å². The molecule has 0 aliphatic heterocycles. The molecule has 0 atom stereocenters. The molecule has 0 spiro atoms. The van der Waals surface area contributed by atoms with Crippen LogP contribution in [-0.4, -0.2) is 17.9 Å². The monoisotopic (exact) mass is 357 g/mol. The number of halogens is 1. The number of nitrogens with zero attached hydrogens (tertiary/aromatic N) is 2. The fraction of sp³-hybridized carbons (Fsp3) is 0.0588. The highest BCUT2D eigenvalue weighted by atomic mass is 35.5. The third kappa shape index (κ3) is 4.34. The highest BCUT2D eigenvalue weighted by Crippen LogP contribution is 2.26. The summed E-state index contributed by atoms with van der Waals surface area (Å²) in [6, 6.07) is 12.2. The van der Waals surface area contributed by atoms with Gasteiger partial charge in [-0.3, -0.25) is 14.9 Å². The number of amides is 1. The summed E-state index contributed by atoms with van der Waals surface area (Å²) in [5, 5.41) is 22.8. The Morgan fingerprint density at radius 2 is 2.08 bits per heavy atom. The van der Waals surface area contributed by atoms with Crippen LogP contribution >= 0.6 is 11.6 Å². The van der Waals surface area contributed by atoms with Crippen LogP contribution in [0.5, 0.6) is 5.75 Å². The summed E-state index contributed by atoms with van der Waals surface area (Å²) in [4.78, 5) is 22.6. The summed E-state index contributed by atoms with van der Waals surface area (Å²) in [6.45, 7) is 0. The van der Waals surface area contributed by atoms with Crippen molar-refractivity contribution in [1.29, 1.82) is 5.26 Å². The fourth-order valence-electron chi connectivity index (χ4n) is 2.00. The Hall–Kier alpha value is -3.37. The van der Waals surface area contributed by atoms with Crippen molar-refractivity contribution in [3.63, 3.8) is 0 Å². The van der Waals surface area contributed by atoms with Crippen molar-refractivity contribution in [3.8, 4) is 11.8 Å². The fourth-order valence-corrected chi connectivity index (χ4v) is 2.17. The molecule has 0 unspecified atom stereocenters. The molecule has 0 radical (unpaired) electrons. The average molecular weight is 358 g/mol. The molecule has 0 saturated heterocycles. The highest BCUT2D eigenvalue weighted by molar-refractivity contribution is 6.32. The van der Waals surface area contributed by atoms with E-state index in [4.69, 9.17) is 16.3 Å². The van der Waals surface area contributed by atoms with Gasteiger partial charge in [0, 0.05) is 22.7 Å². The lowest BCUT2D eigenvalue weighted by molar-refractivity contribution is -0.384. The number of ether oxygens (including phenoxy) is 1. The van der Waals surface area contributed by atoms with Crippen molar-refractivity contribution in [2.24, 2.45) is 0 Å². The van der Waals surface area contributed by atoms with Gasteiger partial charge in [-0.2, -0.15) is 5.26 Å². The second-order valence-electron chi connectivity index (χ2n) is 4.79. The Balaban J connectivity index is 2.34. The Kier molecular flexibility index (Phi) is 5.71. The number of methoxy groups -OCH3 is 1. The number of benzene rings is 2. The maximum Gasteiger partial charge on any atom is 0.270 e. The lowest BCUT2D eigenvalue weighted by atomic mass is 10.1. The Labute approximate surface area is 148 Å². The van der Waals surface area contributed by atoms with Crippen molar-refractivity contribution >= 4 is 35.0 Å². The van der Waals surface area contributed by atoms with E-state index in [9.17, 15) is 20.2 Å². The molecule has 1 N–H and O–H groups in total. The minimum atomic E-state index is -0.686. The van der Waals surface area contributed by atoms with Crippen LogP contribution in [-0.2, 0) is 4.79 Å². The first-order chi connectivity index (χ1) is 12.0. The second kappa shape index (κ2) is 7.95. The zero-order valence-electron chi connectivity index (χ0n) is 13.0. The largest absolute Gasteiger partial charge is 0.495 e. The van der Waals surface area contributed by atoms with Crippen LogP contribution in [0.3, 0.4) is 0 Å². The van der Waals surface area contributed by atoms with Crippen molar-refractivity contribution in [2.75, 3.05) is 12.4 Å². The van der Waals surface area contributed by atoms with E-state index in [0.29, 0.717) is 11.4 Å². The van der Waals surface area contributed by atoms with Gasteiger partial charge in [-0.25, -0.2) is 0 Å². The van der Waals surface area contributed by atoms with Gasteiger partial charge >= 0.3 is 0 Å². The van der Waals surface area contributed by atoms with E-state index in [-0.39, 0.29) is 21.8 Å². The van der Waals surface area contributed by atoms with Gasteiger partial charge in [0.15, 0.2) is 0 Å². The molecule has 2 aromatic rings. The molecule has 2 aromatic carbocycles. The topological polar surface area (TPSA) is 105 Å². The van der Waals surface area contributed by atoms with Crippen LogP contribution in [0.25, 0.3) is 6.08 Å². The molecule has 126 valence electrons. The molecule has 7 nitrogen and oxygen atoms in total. The highest BCUT2D eigenvalue weighted by Gasteiger charge is 2.14. The van der Waals surface area contributed by atoms with Gasteiger partial charge in [-0.1, -0.05) is 23.7 Å². The number of anilines is 1. The lowest BCUT2D eigenvalue weighted by Gasteiger charge is -2.09. The number of carbonyl (C=O) groups excluding carboxylic acids is 1. The maximum absolute atomic E-state index is 12.3. The number of hydrogen-bond donors (Lipinski definition) is 1. The van der Waals surface area contributed by atoms with E-state index in [1.54, 1.807) is 30.3 Å². The lowest BCUT2D eigenvalue weighted by Crippen LogP contribution is -2.14. The molecule has 1 amide bonds. The van der Waals surface area contributed by atoms with Crippen molar-refractivity contribution in [1.82, 2.24) is 0 Å². The first-order valence-electron chi connectivity index (χ1n) is 6.96. The number of nitro benzene ring substituents is 1. The van der Waals surface area contributed by atoms with Gasteiger partial charge in [0.2, 0.25) is 0 Å². The number of para-hydroxylation sites is 2. The van der Waals surface area contributed by atoms with Crippen LogP contribution in [0.2, 0.25) is 5.02 Å². The van der Waals surface area contributed by atoms with E-state index < -0.39 is 10.8 Å². The Bertz CT molecular complexity index is 903. The second-order valence-corrected chi connectivity index (χ2v) is 5.19. The molecule has 0 bridgehead atoms. The molecule has 2 rings (SSSR count). The number of nitro groups is 1. The predicted octanol–water partition coefficient (Wildman–Crippen LogP) is 3.80. The van der Waals surface area contributed by atoms with E-state index in [1.807, 2.05) is 0 Å². The molecule has 0 heterocycles. The van der Waals surface area contributed by atoms with Crippen LogP contribution < -0.4 is 10.1 Å². The van der Waals surface area contributed by atoms with Crippen LogP contribution in [0.1, 0.15) is 5.56 Å². The van der Waals surface area contributed by atoms with E-state index >= 15 is 0 Å². The standard InChI is InChI=1S/C17H12ClN3O4/c1-25-16-5-3-2-4-15(16)20-17(22)12(10-19)8-11-9-13(21(23)24)6-7-14(11)18/h2-9H,1H3,(H,20,22)/b12-8+. The Morgan fingerprint density at radius 1 is 1.36 bits per heavy atom. The third-order valence-electron chi connectivity index (χ3n) is 3.21. The molecule has 0 aliphatic carbocycles. The number of rotatable bonds is 5. The van der Waals surface area contributed by atoms with Crippen LogP contribution in [0, 0.1) is 21.4 Å². The molecule has 25 heavy (non-hydrogen) atoms. The number of nitriles is 1. The molecule has 8 heteroatoms. The molecule has 0 saturated carbocycles. The van der Waals surface area contributed by atoms with Gasteiger partial charge in [0.25, 0.3) is 11.6 Å². The van der Waals surface area contributed by atoms with Gasteiger partial charge in [0.05, 0.1) is 17.7 Å². The summed E-state index contributed by atoms with van der Waals surface area (Å²) in [5.74, 6) is -0.254. The molecule has 0 fully saturated rings. The minimum absolute atomic E-state index is 0.184. The molecular weight excluding hydrogens is 346 g/mol. The zero-order chi connectivity index (χ0) is 18.4. The quantitative estimate of drug-likeness (QED) is 0.379. The first-order valence-corrected chi connectivity index (χ1v) is 7.34. The number of non-ortho nitro benzene ring substituents is 1. The summed E-state index contributed by atoms with van der Waals surface area (Å²) in [6.07, 6.45) is 1.19. The number of nitrogens with one attached hydrogen (secondary N) is 1. The van der Waals surface area contributed by atoms with Crippen LogP contribution in [0.15, 0.2) is 48.0 Å². The van der Waals surface area contributed by atoms with Crippen molar-refractivity contribution < 1.29 is 14.5 Å².